The largest absolute Gasteiger partial charge is 0.494 e. The van der Waals surface area contributed by atoms with Crippen LogP contribution in [0.1, 0.15) is 32.3 Å². The molecule has 0 spiro atoms. The van der Waals surface area contributed by atoms with E-state index in [1.807, 2.05) is 37.3 Å². The Kier molecular flexibility index (Phi) is 9.29. The fourth-order valence-corrected chi connectivity index (χ4v) is 3.35. The van der Waals surface area contributed by atoms with Crippen LogP contribution in [-0.2, 0) is 16.1 Å². The van der Waals surface area contributed by atoms with Crippen molar-refractivity contribution < 1.29 is 14.3 Å². The van der Waals surface area contributed by atoms with Crippen LogP contribution >= 0.6 is 23.2 Å². The first-order valence-electron chi connectivity index (χ1n) is 9.62. The van der Waals surface area contributed by atoms with Gasteiger partial charge in [0.2, 0.25) is 11.8 Å². The topological polar surface area (TPSA) is 58.6 Å². The molecule has 0 heterocycles. The highest BCUT2D eigenvalue weighted by atomic mass is 35.5. The van der Waals surface area contributed by atoms with E-state index in [-0.39, 0.29) is 24.8 Å². The molecule has 2 aromatic carbocycles. The number of nitrogens with one attached hydrogen (secondary N) is 1. The SMILES string of the molecule is CCNC(=O)[C@H](C)N(Cc1c(Cl)cccc1Cl)C(=O)CCCOc1ccccc1. The van der Waals surface area contributed by atoms with Gasteiger partial charge in [0.1, 0.15) is 11.8 Å². The third-order valence-corrected chi connectivity index (χ3v) is 5.16. The highest BCUT2D eigenvalue weighted by Crippen LogP contribution is 2.27. The highest BCUT2D eigenvalue weighted by Gasteiger charge is 2.26. The summed E-state index contributed by atoms with van der Waals surface area (Å²) in [6, 6.07) is 14.0. The molecule has 1 N–H and O–H groups in total. The lowest BCUT2D eigenvalue weighted by Gasteiger charge is -2.29. The van der Waals surface area contributed by atoms with E-state index in [9.17, 15) is 9.59 Å². The molecule has 0 saturated carbocycles. The summed E-state index contributed by atoms with van der Waals surface area (Å²) in [5.41, 5.74) is 0.626. The van der Waals surface area contributed by atoms with Gasteiger partial charge in [0.15, 0.2) is 0 Å². The van der Waals surface area contributed by atoms with Crippen molar-refractivity contribution in [2.75, 3.05) is 13.2 Å². The number of hydrogen-bond acceptors (Lipinski definition) is 3. The minimum Gasteiger partial charge on any atom is -0.494 e. The molecule has 0 aliphatic carbocycles. The van der Waals surface area contributed by atoms with E-state index in [0.717, 1.165) is 5.75 Å². The van der Waals surface area contributed by atoms with Crippen LogP contribution < -0.4 is 10.1 Å². The fraction of sp³-hybridized carbons (Fsp3) is 0.364. The zero-order valence-electron chi connectivity index (χ0n) is 16.7. The van der Waals surface area contributed by atoms with Crippen molar-refractivity contribution in [3.05, 3.63) is 64.1 Å². The van der Waals surface area contributed by atoms with Gasteiger partial charge in [-0.25, -0.2) is 0 Å². The average Bonchev–Trinajstić information content (AvgIpc) is 2.71. The summed E-state index contributed by atoms with van der Waals surface area (Å²) in [5.74, 6) is 0.385. The zero-order valence-corrected chi connectivity index (χ0v) is 18.2. The van der Waals surface area contributed by atoms with Crippen LogP contribution in [0.2, 0.25) is 10.0 Å². The van der Waals surface area contributed by atoms with Crippen LogP contribution in [0.4, 0.5) is 0 Å². The van der Waals surface area contributed by atoms with Crippen molar-refractivity contribution in [3.8, 4) is 5.75 Å². The standard InChI is InChI=1S/C22H26Cl2N2O3/c1-3-25-22(28)16(2)26(15-18-19(23)11-7-12-20(18)24)21(27)13-8-14-29-17-9-5-4-6-10-17/h4-7,9-12,16H,3,8,13-15H2,1-2H3,(H,25,28)/t16-/m0/s1. The number of amides is 2. The summed E-state index contributed by atoms with van der Waals surface area (Å²) < 4.78 is 5.65. The van der Waals surface area contributed by atoms with Gasteiger partial charge in [0, 0.05) is 35.1 Å². The summed E-state index contributed by atoms with van der Waals surface area (Å²) in [7, 11) is 0. The lowest BCUT2D eigenvalue weighted by molar-refractivity contribution is -0.140. The van der Waals surface area contributed by atoms with Crippen LogP contribution in [0.5, 0.6) is 5.75 Å². The molecule has 0 unspecified atom stereocenters. The zero-order chi connectivity index (χ0) is 21.2. The Morgan fingerprint density at radius 2 is 1.72 bits per heavy atom. The van der Waals surface area contributed by atoms with Gasteiger partial charge < -0.3 is 15.0 Å². The van der Waals surface area contributed by atoms with E-state index < -0.39 is 6.04 Å². The molecular weight excluding hydrogens is 411 g/mol. The predicted octanol–water partition coefficient (Wildman–Crippen LogP) is 4.71. The second kappa shape index (κ2) is 11.7. The first kappa shape index (κ1) is 23.0. The normalized spacial score (nSPS) is 11.6. The lowest BCUT2D eigenvalue weighted by Crippen LogP contribution is -2.47. The van der Waals surface area contributed by atoms with Gasteiger partial charge in [0.25, 0.3) is 0 Å². The minimum atomic E-state index is -0.648. The Morgan fingerprint density at radius 1 is 1.07 bits per heavy atom. The van der Waals surface area contributed by atoms with Crippen molar-refractivity contribution >= 4 is 35.0 Å². The molecule has 0 aliphatic rings. The van der Waals surface area contributed by atoms with E-state index >= 15 is 0 Å². The molecule has 0 aromatic heterocycles. The molecular formula is C22H26Cl2N2O3. The molecule has 7 heteroatoms. The molecule has 0 radical (unpaired) electrons. The second-order valence-electron chi connectivity index (χ2n) is 6.56. The summed E-state index contributed by atoms with van der Waals surface area (Å²) in [6.07, 6.45) is 0.779. The maximum Gasteiger partial charge on any atom is 0.242 e. The Labute approximate surface area is 181 Å². The Balaban J connectivity index is 2.05. The molecule has 156 valence electrons. The number of rotatable bonds is 10. The average molecular weight is 437 g/mol. The molecule has 0 aliphatic heterocycles. The number of halogens is 2. The van der Waals surface area contributed by atoms with Gasteiger partial charge in [-0.15, -0.1) is 0 Å². The van der Waals surface area contributed by atoms with Crippen LogP contribution in [0.25, 0.3) is 0 Å². The van der Waals surface area contributed by atoms with Gasteiger partial charge in [-0.05, 0) is 44.5 Å². The van der Waals surface area contributed by atoms with Gasteiger partial charge in [0.05, 0.1) is 6.61 Å². The van der Waals surface area contributed by atoms with Crippen molar-refractivity contribution in [2.45, 2.75) is 39.3 Å². The molecule has 29 heavy (non-hydrogen) atoms. The number of ether oxygens (including phenoxy) is 1. The first-order valence-corrected chi connectivity index (χ1v) is 10.4. The maximum absolute atomic E-state index is 12.9. The van der Waals surface area contributed by atoms with E-state index in [4.69, 9.17) is 27.9 Å². The van der Waals surface area contributed by atoms with Gasteiger partial charge in [-0.3, -0.25) is 9.59 Å². The van der Waals surface area contributed by atoms with Gasteiger partial charge in [-0.1, -0.05) is 47.5 Å². The Morgan fingerprint density at radius 3 is 2.34 bits per heavy atom. The van der Waals surface area contributed by atoms with E-state index in [0.29, 0.717) is 35.2 Å². The number of carbonyl (C=O) groups is 2. The lowest BCUT2D eigenvalue weighted by atomic mass is 10.1. The number of nitrogens with zero attached hydrogens (tertiary/aromatic N) is 1. The predicted molar refractivity (Wildman–Crippen MR) is 116 cm³/mol. The quantitative estimate of drug-likeness (QED) is 0.548. The van der Waals surface area contributed by atoms with E-state index in [1.54, 1.807) is 25.1 Å². The molecule has 0 saturated heterocycles. The third kappa shape index (κ3) is 6.94. The van der Waals surface area contributed by atoms with Gasteiger partial charge in [-0.2, -0.15) is 0 Å². The Bertz CT molecular complexity index is 795. The molecule has 1 atom stereocenters. The summed E-state index contributed by atoms with van der Waals surface area (Å²) in [5, 5.41) is 3.69. The summed E-state index contributed by atoms with van der Waals surface area (Å²) >= 11 is 12.6. The van der Waals surface area contributed by atoms with Crippen LogP contribution in [0.3, 0.4) is 0 Å². The fourth-order valence-electron chi connectivity index (χ4n) is 2.83. The second-order valence-corrected chi connectivity index (χ2v) is 7.37. The Hall–Kier alpha value is -2.24. The molecule has 5 nitrogen and oxygen atoms in total. The van der Waals surface area contributed by atoms with Crippen LogP contribution in [0.15, 0.2) is 48.5 Å². The summed E-state index contributed by atoms with van der Waals surface area (Å²) in [4.78, 5) is 26.8. The van der Waals surface area contributed by atoms with E-state index in [2.05, 4.69) is 5.32 Å². The van der Waals surface area contributed by atoms with Crippen molar-refractivity contribution in [3.63, 3.8) is 0 Å². The molecule has 2 aromatic rings. The van der Waals surface area contributed by atoms with Gasteiger partial charge >= 0.3 is 0 Å². The molecule has 0 bridgehead atoms. The number of hydrogen-bond donors (Lipinski definition) is 1. The first-order chi connectivity index (χ1) is 13.9. The molecule has 2 rings (SSSR count). The minimum absolute atomic E-state index is 0.156. The molecule has 0 fully saturated rings. The summed E-state index contributed by atoms with van der Waals surface area (Å²) in [6.45, 7) is 4.60. The van der Waals surface area contributed by atoms with Crippen molar-refractivity contribution in [1.82, 2.24) is 10.2 Å². The monoisotopic (exact) mass is 436 g/mol. The number of benzene rings is 2. The maximum atomic E-state index is 12.9. The number of likely N-dealkylation sites (N-methyl/N-ethyl adjacent to an activating group) is 1. The van der Waals surface area contributed by atoms with Crippen molar-refractivity contribution in [1.29, 1.82) is 0 Å². The van der Waals surface area contributed by atoms with Crippen molar-refractivity contribution in [2.24, 2.45) is 0 Å². The molecule has 2 amide bonds. The number of para-hydroxylation sites is 1. The third-order valence-electron chi connectivity index (χ3n) is 4.46. The highest BCUT2D eigenvalue weighted by molar-refractivity contribution is 6.36. The number of carbonyl (C=O) groups excluding carboxylic acids is 2. The van der Waals surface area contributed by atoms with E-state index in [1.165, 1.54) is 4.90 Å². The van der Waals surface area contributed by atoms with Crippen LogP contribution in [-0.4, -0.2) is 35.9 Å². The van der Waals surface area contributed by atoms with Crippen LogP contribution in [0, 0.1) is 0 Å². The smallest absolute Gasteiger partial charge is 0.242 e.